The van der Waals surface area contributed by atoms with E-state index in [1.54, 1.807) is 12.0 Å². The van der Waals surface area contributed by atoms with Crippen LogP contribution in [0.15, 0.2) is 109 Å². The van der Waals surface area contributed by atoms with Crippen molar-refractivity contribution in [2.24, 2.45) is 0 Å². The molecule has 0 saturated heterocycles. The van der Waals surface area contributed by atoms with Crippen molar-refractivity contribution in [3.63, 3.8) is 0 Å². The number of anilines is 1. The number of urea groups is 1. The first-order chi connectivity index (χ1) is 16.7. The quantitative estimate of drug-likeness (QED) is 0.315. The molecule has 2 amide bonds. The van der Waals surface area contributed by atoms with E-state index in [9.17, 15) is 4.79 Å². The Morgan fingerprint density at radius 1 is 0.706 bits per heavy atom. The maximum atomic E-state index is 13.2. The average molecular weight is 453 g/mol. The molecule has 0 atom stereocenters. The number of ether oxygens (including phenoxy) is 2. The van der Waals surface area contributed by atoms with E-state index < -0.39 is 0 Å². The molecule has 0 aliphatic carbocycles. The third-order valence-electron chi connectivity index (χ3n) is 5.37. The van der Waals surface area contributed by atoms with E-state index in [0.717, 1.165) is 22.4 Å². The molecular weight excluding hydrogens is 424 g/mol. The first kappa shape index (κ1) is 22.9. The molecule has 0 aliphatic rings. The summed E-state index contributed by atoms with van der Waals surface area (Å²) in [6.07, 6.45) is 0. The Labute approximate surface area is 200 Å². The smallest absolute Gasteiger partial charge is 0.322 e. The molecule has 0 radical (unpaired) electrons. The highest BCUT2D eigenvalue weighted by Crippen LogP contribution is 2.29. The molecule has 5 heteroatoms. The molecule has 0 bridgehead atoms. The number of benzene rings is 4. The van der Waals surface area contributed by atoms with Gasteiger partial charge in [-0.3, -0.25) is 0 Å². The van der Waals surface area contributed by atoms with Crippen molar-refractivity contribution in [1.82, 2.24) is 4.90 Å². The van der Waals surface area contributed by atoms with Crippen molar-refractivity contribution in [3.8, 4) is 11.5 Å². The van der Waals surface area contributed by atoms with Crippen molar-refractivity contribution in [1.29, 1.82) is 0 Å². The molecule has 0 aliphatic heterocycles. The highest BCUT2D eigenvalue weighted by molar-refractivity contribution is 5.89. The molecule has 34 heavy (non-hydrogen) atoms. The van der Waals surface area contributed by atoms with Crippen molar-refractivity contribution in [3.05, 3.63) is 126 Å². The topological polar surface area (TPSA) is 50.8 Å². The number of nitrogens with zero attached hydrogens (tertiary/aromatic N) is 1. The minimum Gasteiger partial charge on any atom is -0.493 e. The summed E-state index contributed by atoms with van der Waals surface area (Å²) in [5.41, 5.74) is 3.83. The van der Waals surface area contributed by atoms with Gasteiger partial charge in [-0.25, -0.2) is 4.79 Å². The van der Waals surface area contributed by atoms with Gasteiger partial charge in [0.15, 0.2) is 11.5 Å². The maximum Gasteiger partial charge on any atom is 0.322 e. The lowest BCUT2D eigenvalue weighted by Gasteiger charge is -2.24. The van der Waals surface area contributed by atoms with E-state index in [1.807, 2.05) is 109 Å². The Hall–Kier alpha value is -4.25. The highest BCUT2D eigenvalue weighted by Gasteiger charge is 2.16. The summed E-state index contributed by atoms with van der Waals surface area (Å²) in [6.45, 7) is 1.33. The summed E-state index contributed by atoms with van der Waals surface area (Å²) >= 11 is 0. The number of hydrogen-bond acceptors (Lipinski definition) is 3. The Kier molecular flexibility index (Phi) is 7.80. The van der Waals surface area contributed by atoms with E-state index in [1.165, 1.54) is 0 Å². The molecule has 4 aromatic rings. The molecule has 1 N–H and O–H groups in total. The molecule has 0 spiro atoms. The number of hydrogen-bond donors (Lipinski definition) is 1. The van der Waals surface area contributed by atoms with E-state index in [2.05, 4.69) is 5.32 Å². The number of methoxy groups -OCH3 is 1. The van der Waals surface area contributed by atoms with Crippen molar-refractivity contribution < 1.29 is 14.3 Å². The van der Waals surface area contributed by atoms with Crippen molar-refractivity contribution in [2.45, 2.75) is 19.7 Å². The van der Waals surface area contributed by atoms with Crippen molar-refractivity contribution >= 4 is 11.7 Å². The van der Waals surface area contributed by atoms with E-state index in [0.29, 0.717) is 31.2 Å². The van der Waals surface area contributed by atoms with Gasteiger partial charge in [0.2, 0.25) is 0 Å². The third-order valence-corrected chi connectivity index (χ3v) is 5.37. The van der Waals surface area contributed by atoms with E-state index in [4.69, 9.17) is 9.47 Å². The van der Waals surface area contributed by atoms with Crippen LogP contribution in [-0.4, -0.2) is 18.0 Å². The predicted octanol–water partition coefficient (Wildman–Crippen LogP) is 6.51. The van der Waals surface area contributed by atoms with Crippen LogP contribution in [0.4, 0.5) is 10.5 Å². The first-order valence-electron chi connectivity index (χ1n) is 11.2. The van der Waals surface area contributed by atoms with Crippen LogP contribution in [0.5, 0.6) is 11.5 Å². The largest absolute Gasteiger partial charge is 0.493 e. The SMILES string of the molecule is COc1ccc(CN(Cc2ccccc2)C(=O)Nc2ccccc2)cc1OCc1ccccc1. The van der Waals surface area contributed by atoms with Gasteiger partial charge in [-0.1, -0.05) is 84.9 Å². The summed E-state index contributed by atoms with van der Waals surface area (Å²) in [5.74, 6) is 1.30. The maximum absolute atomic E-state index is 13.2. The summed E-state index contributed by atoms with van der Waals surface area (Å²) in [6, 6.07) is 35.0. The van der Waals surface area contributed by atoms with Gasteiger partial charge in [0, 0.05) is 18.8 Å². The summed E-state index contributed by atoms with van der Waals surface area (Å²) < 4.78 is 11.6. The van der Waals surface area contributed by atoms with Gasteiger partial charge in [0.05, 0.1) is 7.11 Å². The molecule has 0 heterocycles. The van der Waals surface area contributed by atoms with Gasteiger partial charge >= 0.3 is 6.03 Å². The average Bonchev–Trinajstić information content (AvgIpc) is 2.89. The van der Waals surface area contributed by atoms with Gasteiger partial charge in [-0.2, -0.15) is 0 Å². The molecule has 4 rings (SSSR count). The number of amides is 2. The second-order valence-electron chi connectivity index (χ2n) is 7.90. The lowest BCUT2D eigenvalue weighted by atomic mass is 10.1. The second kappa shape index (κ2) is 11.6. The normalized spacial score (nSPS) is 10.4. The fourth-order valence-electron chi connectivity index (χ4n) is 3.62. The zero-order valence-electron chi connectivity index (χ0n) is 19.2. The molecule has 0 unspecified atom stereocenters. The number of carbonyl (C=O) groups excluding carboxylic acids is 1. The molecule has 0 fully saturated rings. The number of nitrogens with one attached hydrogen (secondary N) is 1. The lowest BCUT2D eigenvalue weighted by molar-refractivity contribution is 0.206. The molecular formula is C29H28N2O3. The van der Waals surface area contributed by atoms with Gasteiger partial charge in [-0.05, 0) is 41.0 Å². The highest BCUT2D eigenvalue weighted by atomic mass is 16.5. The Morgan fingerprint density at radius 3 is 1.94 bits per heavy atom. The fourth-order valence-corrected chi connectivity index (χ4v) is 3.62. The van der Waals surface area contributed by atoms with Crippen LogP contribution in [0.2, 0.25) is 0 Å². The number of rotatable bonds is 9. The Morgan fingerprint density at radius 2 is 1.29 bits per heavy atom. The fraction of sp³-hybridized carbons (Fsp3) is 0.138. The second-order valence-corrected chi connectivity index (χ2v) is 7.90. The van der Waals surface area contributed by atoms with Crippen molar-refractivity contribution in [2.75, 3.05) is 12.4 Å². The predicted molar refractivity (Wildman–Crippen MR) is 135 cm³/mol. The Bertz CT molecular complexity index is 1180. The molecule has 4 aromatic carbocycles. The number of para-hydroxylation sites is 1. The number of carbonyl (C=O) groups is 1. The molecule has 5 nitrogen and oxygen atoms in total. The zero-order chi connectivity index (χ0) is 23.6. The van der Waals surface area contributed by atoms with Crippen LogP contribution in [0.25, 0.3) is 0 Å². The van der Waals surface area contributed by atoms with E-state index in [-0.39, 0.29) is 6.03 Å². The summed E-state index contributed by atoms with van der Waals surface area (Å²) in [5, 5.41) is 3.00. The molecule has 172 valence electrons. The van der Waals surface area contributed by atoms with Gasteiger partial charge in [0.1, 0.15) is 6.61 Å². The molecule has 0 aromatic heterocycles. The van der Waals surface area contributed by atoms with Gasteiger partial charge < -0.3 is 19.7 Å². The zero-order valence-corrected chi connectivity index (χ0v) is 19.2. The minimum atomic E-state index is -0.169. The van der Waals surface area contributed by atoms with Crippen LogP contribution in [-0.2, 0) is 19.7 Å². The molecule has 0 saturated carbocycles. The van der Waals surface area contributed by atoms with Gasteiger partial charge in [0.25, 0.3) is 0 Å². The van der Waals surface area contributed by atoms with Crippen LogP contribution < -0.4 is 14.8 Å². The standard InChI is InChI=1S/C29H28N2O3/c1-33-27-18-17-25(19-28(27)34-22-24-13-7-3-8-14-24)21-31(20-23-11-5-2-6-12-23)29(32)30-26-15-9-4-10-16-26/h2-19H,20-22H2,1H3,(H,30,32). The van der Waals surface area contributed by atoms with Gasteiger partial charge in [-0.15, -0.1) is 0 Å². The van der Waals surface area contributed by atoms with E-state index >= 15 is 0 Å². The van der Waals surface area contributed by atoms with Crippen LogP contribution in [0.3, 0.4) is 0 Å². The Balaban J connectivity index is 1.53. The summed E-state index contributed by atoms with van der Waals surface area (Å²) in [4.78, 5) is 15.0. The van der Waals surface area contributed by atoms with Crippen LogP contribution in [0, 0.1) is 0 Å². The van der Waals surface area contributed by atoms with Crippen LogP contribution in [0.1, 0.15) is 16.7 Å². The lowest BCUT2D eigenvalue weighted by Crippen LogP contribution is -2.34. The third kappa shape index (κ3) is 6.39. The first-order valence-corrected chi connectivity index (χ1v) is 11.2. The summed E-state index contributed by atoms with van der Waals surface area (Å²) in [7, 11) is 1.62. The minimum absolute atomic E-state index is 0.169. The van der Waals surface area contributed by atoms with Crippen LogP contribution >= 0.6 is 0 Å². The monoisotopic (exact) mass is 452 g/mol.